The molecule has 1 rings (SSSR count). The van der Waals surface area contributed by atoms with Crippen LogP contribution in [0.5, 0.6) is 0 Å². The largest absolute Gasteiger partial charge is 0.379 e. The predicted octanol–water partition coefficient (Wildman–Crippen LogP) is 0.0559. The second-order valence-electron chi connectivity index (χ2n) is 2.95. The Balaban J connectivity index is 2.30. The fraction of sp³-hybridized carbons (Fsp3) is 1.00. The van der Waals surface area contributed by atoms with Gasteiger partial charge in [-0.1, -0.05) is 6.92 Å². The van der Waals surface area contributed by atoms with E-state index in [0.717, 1.165) is 39.3 Å². The van der Waals surface area contributed by atoms with Crippen LogP contribution >= 0.6 is 0 Å². The van der Waals surface area contributed by atoms with E-state index in [2.05, 4.69) is 11.8 Å². The number of rotatable bonds is 3. The van der Waals surface area contributed by atoms with Gasteiger partial charge in [0.25, 0.3) is 0 Å². The van der Waals surface area contributed by atoms with Gasteiger partial charge in [0.05, 0.1) is 13.2 Å². The van der Waals surface area contributed by atoms with Gasteiger partial charge < -0.3 is 10.5 Å². The molecule has 1 aliphatic heterocycles. The second kappa shape index (κ2) is 4.70. The van der Waals surface area contributed by atoms with Crippen LogP contribution in [0.25, 0.3) is 0 Å². The van der Waals surface area contributed by atoms with E-state index >= 15 is 0 Å². The molecule has 1 fully saturated rings. The Bertz CT molecular complexity index is 98.3. The van der Waals surface area contributed by atoms with Gasteiger partial charge in [0, 0.05) is 25.7 Å². The number of ether oxygens (including phenoxy) is 1. The van der Waals surface area contributed by atoms with Crippen LogP contribution in [0.2, 0.25) is 0 Å². The van der Waals surface area contributed by atoms with Gasteiger partial charge in [-0.25, -0.2) is 0 Å². The minimum absolute atomic E-state index is 0.568. The van der Waals surface area contributed by atoms with Crippen LogP contribution in [-0.2, 0) is 4.74 Å². The summed E-state index contributed by atoms with van der Waals surface area (Å²) in [6.45, 7) is 6.81. The van der Waals surface area contributed by atoms with Crippen LogP contribution in [0.15, 0.2) is 0 Å². The van der Waals surface area contributed by atoms with E-state index in [1.807, 2.05) is 0 Å². The maximum absolute atomic E-state index is 5.63. The van der Waals surface area contributed by atoms with Gasteiger partial charge in [0.2, 0.25) is 0 Å². The van der Waals surface area contributed by atoms with Crippen molar-refractivity contribution >= 4 is 0 Å². The Hall–Kier alpha value is -0.120. The topological polar surface area (TPSA) is 38.5 Å². The van der Waals surface area contributed by atoms with Crippen LogP contribution < -0.4 is 5.73 Å². The Morgan fingerprint density at radius 1 is 1.45 bits per heavy atom. The summed E-state index contributed by atoms with van der Waals surface area (Å²) in [5, 5.41) is 0. The summed E-state index contributed by atoms with van der Waals surface area (Å²) in [6.07, 6.45) is 1.15. The molecule has 0 aliphatic carbocycles. The molecule has 1 heterocycles. The zero-order valence-electron chi connectivity index (χ0n) is 7.25. The average molecular weight is 158 g/mol. The Kier molecular flexibility index (Phi) is 3.83. The molecule has 0 bridgehead atoms. The first-order valence-electron chi connectivity index (χ1n) is 4.40. The molecule has 3 nitrogen and oxygen atoms in total. The van der Waals surface area contributed by atoms with E-state index < -0.39 is 0 Å². The third kappa shape index (κ3) is 2.43. The lowest BCUT2D eigenvalue weighted by atomic mass is 10.2. The molecule has 0 aromatic heterocycles. The maximum Gasteiger partial charge on any atom is 0.0594 e. The summed E-state index contributed by atoms with van der Waals surface area (Å²) in [5.74, 6) is 0. The molecule has 2 N–H and O–H groups in total. The van der Waals surface area contributed by atoms with E-state index in [-0.39, 0.29) is 0 Å². The highest BCUT2D eigenvalue weighted by molar-refractivity contribution is 4.72. The van der Waals surface area contributed by atoms with Crippen molar-refractivity contribution in [2.45, 2.75) is 19.4 Å². The Labute approximate surface area is 68.5 Å². The number of morpholine rings is 1. The zero-order chi connectivity index (χ0) is 8.10. The number of hydrogen-bond donors (Lipinski definition) is 1. The van der Waals surface area contributed by atoms with Crippen molar-refractivity contribution in [3.8, 4) is 0 Å². The zero-order valence-corrected chi connectivity index (χ0v) is 7.25. The van der Waals surface area contributed by atoms with Gasteiger partial charge in [0.1, 0.15) is 0 Å². The van der Waals surface area contributed by atoms with Crippen molar-refractivity contribution in [3.05, 3.63) is 0 Å². The summed E-state index contributed by atoms with van der Waals surface area (Å²) in [6, 6.07) is 0.568. The van der Waals surface area contributed by atoms with Gasteiger partial charge in [-0.3, -0.25) is 4.90 Å². The minimum Gasteiger partial charge on any atom is -0.379 e. The van der Waals surface area contributed by atoms with Crippen LogP contribution in [0.3, 0.4) is 0 Å². The molecule has 11 heavy (non-hydrogen) atoms. The van der Waals surface area contributed by atoms with Gasteiger partial charge >= 0.3 is 0 Å². The lowest BCUT2D eigenvalue weighted by Gasteiger charge is -2.33. The van der Waals surface area contributed by atoms with Crippen molar-refractivity contribution in [1.82, 2.24) is 4.90 Å². The quantitative estimate of drug-likeness (QED) is 0.631. The lowest BCUT2D eigenvalue weighted by molar-refractivity contribution is 0.0176. The molecule has 0 radical (unpaired) electrons. The molecule has 1 unspecified atom stereocenters. The van der Waals surface area contributed by atoms with Crippen LogP contribution in [-0.4, -0.2) is 43.8 Å². The second-order valence-corrected chi connectivity index (χ2v) is 2.95. The SMILES string of the molecule is CCC(CN)N1CCOCC1. The first kappa shape index (κ1) is 8.97. The van der Waals surface area contributed by atoms with Crippen molar-refractivity contribution in [3.63, 3.8) is 0 Å². The highest BCUT2D eigenvalue weighted by Crippen LogP contribution is 2.05. The number of nitrogens with zero attached hydrogens (tertiary/aromatic N) is 1. The van der Waals surface area contributed by atoms with E-state index in [9.17, 15) is 0 Å². The van der Waals surface area contributed by atoms with Gasteiger partial charge in [-0.2, -0.15) is 0 Å². The fourth-order valence-electron chi connectivity index (χ4n) is 1.52. The average Bonchev–Trinajstić information content (AvgIpc) is 2.09. The first-order valence-corrected chi connectivity index (χ1v) is 4.40. The van der Waals surface area contributed by atoms with Gasteiger partial charge in [0.15, 0.2) is 0 Å². The van der Waals surface area contributed by atoms with Crippen molar-refractivity contribution < 1.29 is 4.74 Å². The standard InChI is InChI=1S/C8H18N2O/c1-2-8(7-9)10-3-5-11-6-4-10/h8H,2-7,9H2,1H3. The molecule has 0 saturated carbocycles. The molecule has 1 aliphatic rings. The van der Waals surface area contributed by atoms with Crippen molar-refractivity contribution in [2.75, 3.05) is 32.8 Å². The molecule has 3 heteroatoms. The van der Waals surface area contributed by atoms with E-state index in [4.69, 9.17) is 10.5 Å². The van der Waals surface area contributed by atoms with Crippen LogP contribution in [0.1, 0.15) is 13.3 Å². The van der Waals surface area contributed by atoms with Gasteiger partial charge in [-0.15, -0.1) is 0 Å². The lowest BCUT2D eigenvalue weighted by Crippen LogP contribution is -2.46. The van der Waals surface area contributed by atoms with Crippen molar-refractivity contribution in [2.24, 2.45) is 5.73 Å². The molecular formula is C8H18N2O. The van der Waals surface area contributed by atoms with Gasteiger partial charge in [-0.05, 0) is 6.42 Å². The van der Waals surface area contributed by atoms with Crippen LogP contribution in [0, 0.1) is 0 Å². The van der Waals surface area contributed by atoms with Crippen LogP contribution in [0.4, 0.5) is 0 Å². The molecular weight excluding hydrogens is 140 g/mol. The summed E-state index contributed by atoms with van der Waals surface area (Å²) >= 11 is 0. The monoisotopic (exact) mass is 158 g/mol. The summed E-state index contributed by atoms with van der Waals surface area (Å²) in [5.41, 5.74) is 5.63. The number of hydrogen-bond acceptors (Lipinski definition) is 3. The Morgan fingerprint density at radius 3 is 2.55 bits per heavy atom. The fourth-order valence-corrected chi connectivity index (χ4v) is 1.52. The minimum atomic E-state index is 0.568. The maximum atomic E-state index is 5.63. The molecule has 1 saturated heterocycles. The normalized spacial score (nSPS) is 23.5. The Morgan fingerprint density at radius 2 is 2.09 bits per heavy atom. The third-order valence-corrected chi connectivity index (χ3v) is 2.31. The molecule has 0 amide bonds. The number of nitrogens with two attached hydrogens (primary N) is 1. The molecule has 66 valence electrons. The van der Waals surface area contributed by atoms with E-state index in [1.54, 1.807) is 0 Å². The highest BCUT2D eigenvalue weighted by atomic mass is 16.5. The third-order valence-electron chi connectivity index (χ3n) is 2.31. The molecule has 0 spiro atoms. The summed E-state index contributed by atoms with van der Waals surface area (Å²) in [4.78, 5) is 2.42. The molecule has 1 atom stereocenters. The summed E-state index contributed by atoms with van der Waals surface area (Å²) in [7, 11) is 0. The predicted molar refractivity (Wildman–Crippen MR) is 45.5 cm³/mol. The molecule has 0 aromatic rings. The van der Waals surface area contributed by atoms with E-state index in [0.29, 0.717) is 6.04 Å². The summed E-state index contributed by atoms with van der Waals surface area (Å²) < 4.78 is 5.26. The first-order chi connectivity index (χ1) is 5.38. The van der Waals surface area contributed by atoms with E-state index in [1.165, 1.54) is 0 Å². The van der Waals surface area contributed by atoms with Crippen molar-refractivity contribution in [1.29, 1.82) is 0 Å². The smallest absolute Gasteiger partial charge is 0.0594 e. The molecule has 0 aromatic carbocycles. The highest BCUT2D eigenvalue weighted by Gasteiger charge is 2.17.